The molecule has 1 N–H and O–H groups in total. The number of nitrogens with zero attached hydrogens (tertiary/aromatic N) is 1. The lowest BCUT2D eigenvalue weighted by atomic mass is 10.0. The number of hydrogen-bond donors (Lipinski definition) is 1. The first-order valence-corrected chi connectivity index (χ1v) is 7.40. The Morgan fingerprint density at radius 1 is 1.32 bits per heavy atom. The van der Waals surface area contributed by atoms with Crippen LogP contribution in [-0.2, 0) is 27.5 Å². The van der Waals surface area contributed by atoms with Crippen LogP contribution in [0, 0.1) is 5.92 Å². The summed E-state index contributed by atoms with van der Waals surface area (Å²) in [4.78, 5) is 13.5. The van der Waals surface area contributed by atoms with Crippen LogP contribution in [0.5, 0.6) is 0 Å². The maximum atomic E-state index is 12.0. The third kappa shape index (κ3) is 4.32. The van der Waals surface area contributed by atoms with Crippen molar-refractivity contribution < 1.29 is 19.4 Å². The smallest absolute Gasteiger partial charge is 0.288 e. The second kappa shape index (κ2) is 7.42. The summed E-state index contributed by atoms with van der Waals surface area (Å²) < 4.78 is 11.4. The molecule has 0 aliphatic carbocycles. The molecule has 2 atom stereocenters. The fourth-order valence-electron chi connectivity index (χ4n) is 2.23. The van der Waals surface area contributed by atoms with Crippen LogP contribution >= 0.6 is 0 Å². The average Bonchev–Trinajstić information content (AvgIpc) is 2.52. The van der Waals surface area contributed by atoms with E-state index in [0.717, 1.165) is 17.5 Å². The minimum atomic E-state index is -0.420. The van der Waals surface area contributed by atoms with E-state index >= 15 is 0 Å². The Hall–Kier alpha value is -1.85. The van der Waals surface area contributed by atoms with Gasteiger partial charge < -0.3 is 19.5 Å². The summed E-state index contributed by atoms with van der Waals surface area (Å²) in [5, 5.41) is 9.02. The fraction of sp³-hybridized carbons (Fsp3) is 0.471. The van der Waals surface area contributed by atoms with Gasteiger partial charge in [-0.3, -0.25) is 4.79 Å². The van der Waals surface area contributed by atoms with Crippen LogP contribution < -0.4 is 0 Å². The quantitative estimate of drug-likeness (QED) is 0.904. The Balaban J connectivity index is 1.93. The maximum Gasteiger partial charge on any atom is 0.288 e. The summed E-state index contributed by atoms with van der Waals surface area (Å²) >= 11 is 0. The van der Waals surface area contributed by atoms with Crippen LogP contribution in [0.1, 0.15) is 24.5 Å². The average molecular weight is 305 g/mol. The highest BCUT2D eigenvalue weighted by molar-refractivity contribution is 5.91. The zero-order valence-corrected chi connectivity index (χ0v) is 13.3. The van der Waals surface area contributed by atoms with Gasteiger partial charge in [0.1, 0.15) is 0 Å². The number of allylic oxidation sites excluding steroid dienone is 1. The van der Waals surface area contributed by atoms with Gasteiger partial charge in [0.05, 0.1) is 13.2 Å². The van der Waals surface area contributed by atoms with E-state index in [4.69, 9.17) is 14.6 Å². The summed E-state index contributed by atoms with van der Waals surface area (Å²) in [6, 6.07) is 7.56. The van der Waals surface area contributed by atoms with E-state index in [2.05, 4.69) is 0 Å². The molecule has 0 saturated carbocycles. The van der Waals surface area contributed by atoms with Gasteiger partial charge in [0, 0.05) is 20.5 Å². The Kier molecular flexibility index (Phi) is 5.57. The van der Waals surface area contributed by atoms with Gasteiger partial charge in [-0.15, -0.1) is 0 Å². The SMILES string of the molecule is C[C@@H]1C=C(C(=O)N(C)C)O[C@H](OCc2ccc(CO)cc2)C1. The van der Waals surface area contributed by atoms with E-state index in [0.29, 0.717) is 12.4 Å². The van der Waals surface area contributed by atoms with Crippen molar-refractivity contribution in [3.05, 3.63) is 47.2 Å². The highest BCUT2D eigenvalue weighted by Crippen LogP contribution is 2.24. The van der Waals surface area contributed by atoms with E-state index in [1.54, 1.807) is 14.1 Å². The number of rotatable bonds is 5. The van der Waals surface area contributed by atoms with Crippen LogP contribution in [-0.4, -0.2) is 36.3 Å². The second-order valence-electron chi connectivity index (χ2n) is 5.78. The number of hydrogen-bond acceptors (Lipinski definition) is 4. The van der Waals surface area contributed by atoms with Crippen molar-refractivity contribution >= 4 is 5.91 Å². The first-order chi connectivity index (χ1) is 10.5. The number of aliphatic hydroxyl groups is 1. The van der Waals surface area contributed by atoms with E-state index in [1.807, 2.05) is 37.3 Å². The second-order valence-corrected chi connectivity index (χ2v) is 5.78. The predicted molar refractivity (Wildman–Crippen MR) is 82.6 cm³/mol. The van der Waals surface area contributed by atoms with Gasteiger partial charge in [-0.25, -0.2) is 0 Å². The molecule has 0 spiro atoms. The molecule has 2 rings (SSSR count). The number of aliphatic hydroxyl groups excluding tert-OH is 1. The van der Waals surface area contributed by atoms with Crippen molar-refractivity contribution in [2.24, 2.45) is 5.92 Å². The molecule has 0 radical (unpaired) electrons. The largest absolute Gasteiger partial charge is 0.459 e. The molecule has 1 aliphatic rings. The highest BCUT2D eigenvalue weighted by atomic mass is 16.7. The molecule has 1 aromatic rings. The lowest BCUT2D eigenvalue weighted by Gasteiger charge is -2.28. The Bertz CT molecular complexity index is 536. The Labute approximate surface area is 131 Å². The number of amides is 1. The monoisotopic (exact) mass is 305 g/mol. The summed E-state index contributed by atoms with van der Waals surface area (Å²) in [5.41, 5.74) is 1.87. The minimum absolute atomic E-state index is 0.0329. The minimum Gasteiger partial charge on any atom is -0.459 e. The van der Waals surface area contributed by atoms with Crippen LogP contribution in [0.3, 0.4) is 0 Å². The van der Waals surface area contributed by atoms with Gasteiger partial charge in [-0.05, 0) is 23.1 Å². The molecule has 1 aliphatic heterocycles. The molecule has 0 saturated heterocycles. The lowest BCUT2D eigenvalue weighted by Crippen LogP contribution is -2.32. The van der Waals surface area contributed by atoms with Gasteiger partial charge in [-0.2, -0.15) is 0 Å². The molecular weight excluding hydrogens is 282 g/mol. The zero-order chi connectivity index (χ0) is 16.1. The van der Waals surface area contributed by atoms with Gasteiger partial charge in [-0.1, -0.05) is 31.2 Å². The first kappa shape index (κ1) is 16.5. The Morgan fingerprint density at radius 3 is 2.55 bits per heavy atom. The van der Waals surface area contributed by atoms with E-state index in [9.17, 15) is 4.79 Å². The normalized spacial score (nSPS) is 21.0. The molecule has 5 nitrogen and oxygen atoms in total. The van der Waals surface area contributed by atoms with Crippen LogP contribution in [0.25, 0.3) is 0 Å². The molecule has 120 valence electrons. The van der Waals surface area contributed by atoms with Gasteiger partial charge in [0.2, 0.25) is 6.29 Å². The molecule has 0 bridgehead atoms. The number of benzene rings is 1. The number of ether oxygens (including phenoxy) is 2. The van der Waals surface area contributed by atoms with E-state index in [-0.39, 0.29) is 18.4 Å². The van der Waals surface area contributed by atoms with Crippen molar-refractivity contribution in [3.63, 3.8) is 0 Å². The van der Waals surface area contributed by atoms with Gasteiger partial charge in [0.15, 0.2) is 5.76 Å². The van der Waals surface area contributed by atoms with Crippen molar-refractivity contribution in [2.45, 2.75) is 32.8 Å². The van der Waals surface area contributed by atoms with E-state index < -0.39 is 6.29 Å². The van der Waals surface area contributed by atoms with Crippen LogP contribution in [0.2, 0.25) is 0 Å². The van der Waals surface area contributed by atoms with Gasteiger partial charge >= 0.3 is 0 Å². The molecule has 1 amide bonds. The van der Waals surface area contributed by atoms with Crippen molar-refractivity contribution in [1.29, 1.82) is 0 Å². The molecule has 0 fully saturated rings. The molecule has 0 aromatic heterocycles. The number of carbonyl (C=O) groups excluding carboxylic acids is 1. The van der Waals surface area contributed by atoms with Crippen molar-refractivity contribution in [2.75, 3.05) is 14.1 Å². The van der Waals surface area contributed by atoms with Crippen LogP contribution in [0.4, 0.5) is 0 Å². The molecule has 1 aromatic carbocycles. The van der Waals surface area contributed by atoms with Gasteiger partial charge in [0.25, 0.3) is 5.91 Å². The fourth-order valence-corrected chi connectivity index (χ4v) is 2.23. The van der Waals surface area contributed by atoms with Crippen molar-refractivity contribution in [1.82, 2.24) is 4.90 Å². The molecular formula is C17H23NO4. The topological polar surface area (TPSA) is 59.0 Å². The summed E-state index contributed by atoms with van der Waals surface area (Å²) in [6.07, 6.45) is 2.15. The molecule has 5 heteroatoms. The van der Waals surface area contributed by atoms with Crippen molar-refractivity contribution in [3.8, 4) is 0 Å². The number of likely N-dealkylation sites (N-methyl/N-ethyl adjacent to an activating group) is 1. The molecule has 22 heavy (non-hydrogen) atoms. The number of carbonyl (C=O) groups is 1. The Morgan fingerprint density at radius 2 is 1.95 bits per heavy atom. The lowest BCUT2D eigenvalue weighted by molar-refractivity contribution is -0.156. The summed E-state index contributed by atoms with van der Waals surface area (Å²) in [6.45, 7) is 2.48. The molecule has 1 heterocycles. The highest BCUT2D eigenvalue weighted by Gasteiger charge is 2.26. The summed E-state index contributed by atoms with van der Waals surface area (Å²) in [7, 11) is 3.40. The van der Waals surface area contributed by atoms with E-state index in [1.165, 1.54) is 4.90 Å². The maximum absolute atomic E-state index is 12.0. The predicted octanol–water partition coefficient (Wildman–Crippen LogP) is 2.05. The van der Waals surface area contributed by atoms with Crippen LogP contribution in [0.15, 0.2) is 36.1 Å². The summed E-state index contributed by atoms with van der Waals surface area (Å²) in [5.74, 6) is 0.436. The third-order valence-electron chi connectivity index (χ3n) is 3.52. The molecule has 0 unspecified atom stereocenters. The zero-order valence-electron chi connectivity index (χ0n) is 13.3. The first-order valence-electron chi connectivity index (χ1n) is 7.40. The third-order valence-corrected chi connectivity index (χ3v) is 3.52. The standard InChI is InChI=1S/C17H23NO4/c1-12-8-15(17(20)18(2)3)22-16(9-12)21-11-14-6-4-13(10-19)5-7-14/h4-8,12,16,19H,9-11H2,1-3H3/t12-,16+/m1/s1.